The summed E-state index contributed by atoms with van der Waals surface area (Å²) in [6.07, 6.45) is 2.39. The van der Waals surface area contributed by atoms with Crippen molar-refractivity contribution in [2.45, 2.75) is 6.42 Å². The van der Waals surface area contributed by atoms with E-state index in [-0.39, 0.29) is 0 Å². The Morgan fingerprint density at radius 1 is 1.07 bits per heavy atom. The van der Waals surface area contributed by atoms with Crippen LogP contribution in [0.3, 0.4) is 0 Å². The molecule has 0 atom stereocenters. The van der Waals surface area contributed by atoms with Gasteiger partial charge in [0, 0.05) is 32.0 Å². The first-order valence-electron chi connectivity index (χ1n) is 9.74. The fourth-order valence-electron chi connectivity index (χ4n) is 3.14. The van der Waals surface area contributed by atoms with Gasteiger partial charge in [0.05, 0.1) is 7.11 Å². The average molecular weight is 403 g/mol. The Morgan fingerprint density at radius 2 is 1.90 bits per heavy atom. The van der Waals surface area contributed by atoms with Crippen LogP contribution in [0.15, 0.2) is 54.9 Å². The van der Waals surface area contributed by atoms with E-state index in [1.54, 1.807) is 7.11 Å². The van der Waals surface area contributed by atoms with Crippen LogP contribution < -0.4 is 20.3 Å². The van der Waals surface area contributed by atoms with Crippen LogP contribution in [0.1, 0.15) is 5.56 Å². The van der Waals surface area contributed by atoms with Gasteiger partial charge in [0.1, 0.15) is 17.6 Å². The van der Waals surface area contributed by atoms with Crippen molar-refractivity contribution in [1.82, 2.24) is 19.9 Å². The Kier molecular flexibility index (Phi) is 5.65. The number of ether oxygens (including phenoxy) is 1. The molecule has 2 heterocycles. The SMILES string of the molecule is COc1ccc(CCNc2ncnc3nc(Nc4cccc(N(C)C)c4)[nH]c23)cc1. The van der Waals surface area contributed by atoms with Gasteiger partial charge in [-0.25, -0.2) is 9.97 Å². The zero-order valence-corrected chi connectivity index (χ0v) is 17.3. The van der Waals surface area contributed by atoms with E-state index in [0.29, 0.717) is 11.6 Å². The minimum Gasteiger partial charge on any atom is -0.497 e. The fourth-order valence-corrected chi connectivity index (χ4v) is 3.14. The molecule has 0 unspecified atom stereocenters. The molecule has 0 aliphatic rings. The molecular weight excluding hydrogens is 378 g/mol. The first-order chi connectivity index (χ1) is 14.6. The van der Waals surface area contributed by atoms with Crippen molar-refractivity contribution >= 4 is 34.3 Å². The number of aromatic amines is 1. The molecule has 0 radical (unpaired) electrons. The third-order valence-electron chi connectivity index (χ3n) is 4.78. The van der Waals surface area contributed by atoms with E-state index in [9.17, 15) is 0 Å². The number of H-pyrrole nitrogens is 1. The average Bonchev–Trinajstić information content (AvgIpc) is 3.17. The van der Waals surface area contributed by atoms with E-state index >= 15 is 0 Å². The van der Waals surface area contributed by atoms with Crippen LogP contribution >= 0.6 is 0 Å². The standard InChI is InChI=1S/C22H25N7O/c1-29(2)17-6-4-5-16(13-17)26-22-27-19-20(24-14-25-21(19)28-22)23-12-11-15-7-9-18(30-3)10-8-15/h4-10,13-14H,11-12H2,1-3H3,(H3,23,24,25,26,27,28). The lowest BCUT2D eigenvalue weighted by Gasteiger charge is -2.13. The summed E-state index contributed by atoms with van der Waals surface area (Å²) < 4.78 is 5.20. The van der Waals surface area contributed by atoms with Crippen molar-refractivity contribution in [2.75, 3.05) is 43.3 Å². The van der Waals surface area contributed by atoms with Crippen LogP contribution in [0, 0.1) is 0 Å². The van der Waals surface area contributed by atoms with Gasteiger partial charge in [0.25, 0.3) is 0 Å². The molecule has 0 bridgehead atoms. The number of hydrogen-bond acceptors (Lipinski definition) is 7. The molecule has 0 amide bonds. The zero-order chi connectivity index (χ0) is 20.9. The summed E-state index contributed by atoms with van der Waals surface area (Å²) in [5.41, 5.74) is 4.67. The van der Waals surface area contributed by atoms with Gasteiger partial charge in [-0.15, -0.1) is 0 Å². The van der Waals surface area contributed by atoms with Gasteiger partial charge >= 0.3 is 0 Å². The highest BCUT2D eigenvalue weighted by atomic mass is 16.5. The maximum absolute atomic E-state index is 5.20. The number of benzene rings is 2. The summed E-state index contributed by atoms with van der Waals surface area (Å²) in [5.74, 6) is 2.22. The summed E-state index contributed by atoms with van der Waals surface area (Å²) in [5, 5.41) is 6.69. The highest BCUT2D eigenvalue weighted by molar-refractivity contribution is 5.85. The van der Waals surface area contributed by atoms with Crippen LogP contribution in [0.4, 0.5) is 23.1 Å². The number of anilines is 4. The molecule has 2 aromatic heterocycles. The molecular formula is C22H25N7O. The fraction of sp³-hybridized carbons (Fsp3) is 0.227. The number of methoxy groups -OCH3 is 1. The topological polar surface area (TPSA) is 91.0 Å². The summed E-state index contributed by atoms with van der Waals surface area (Å²) in [4.78, 5) is 18.5. The predicted molar refractivity (Wildman–Crippen MR) is 121 cm³/mol. The molecule has 30 heavy (non-hydrogen) atoms. The number of nitrogens with one attached hydrogen (secondary N) is 3. The largest absolute Gasteiger partial charge is 0.497 e. The van der Waals surface area contributed by atoms with E-state index in [1.807, 2.05) is 38.4 Å². The van der Waals surface area contributed by atoms with Gasteiger partial charge in [-0.05, 0) is 42.3 Å². The van der Waals surface area contributed by atoms with Gasteiger partial charge in [0.15, 0.2) is 11.5 Å². The molecule has 2 aromatic carbocycles. The molecule has 0 aliphatic heterocycles. The quantitative estimate of drug-likeness (QED) is 0.412. The van der Waals surface area contributed by atoms with Crippen molar-refractivity contribution in [3.8, 4) is 5.75 Å². The van der Waals surface area contributed by atoms with Crippen molar-refractivity contribution < 1.29 is 4.74 Å². The number of rotatable bonds is 8. The lowest BCUT2D eigenvalue weighted by molar-refractivity contribution is 0.414. The molecule has 0 aliphatic carbocycles. The normalized spacial score (nSPS) is 10.8. The molecule has 4 rings (SSSR count). The van der Waals surface area contributed by atoms with Crippen LogP contribution in [0.2, 0.25) is 0 Å². The molecule has 3 N–H and O–H groups in total. The van der Waals surface area contributed by atoms with Crippen LogP contribution in [0.5, 0.6) is 5.75 Å². The third kappa shape index (κ3) is 4.43. The van der Waals surface area contributed by atoms with Crippen LogP contribution in [0.25, 0.3) is 11.2 Å². The number of imidazole rings is 1. The maximum Gasteiger partial charge on any atom is 0.207 e. The Balaban J connectivity index is 1.45. The summed E-state index contributed by atoms with van der Waals surface area (Å²) in [7, 11) is 5.70. The summed E-state index contributed by atoms with van der Waals surface area (Å²) in [6, 6.07) is 16.2. The lowest BCUT2D eigenvalue weighted by Crippen LogP contribution is -2.08. The second-order valence-corrected chi connectivity index (χ2v) is 7.10. The molecule has 0 saturated carbocycles. The van der Waals surface area contributed by atoms with Crippen molar-refractivity contribution in [1.29, 1.82) is 0 Å². The van der Waals surface area contributed by atoms with E-state index < -0.39 is 0 Å². The van der Waals surface area contributed by atoms with Crippen molar-refractivity contribution in [3.05, 3.63) is 60.4 Å². The third-order valence-corrected chi connectivity index (χ3v) is 4.78. The molecule has 154 valence electrons. The van der Waals surface area contributed by atoms with Crippen LogP contribution in [-0.4, -0.2) is 47.7 Å². The van der Waals surface area contributed by atoms with Crippen molar-refractivity contribution in [2.24, 2.45) is 0 Å². The minimum absolute atomic E-state index is 0.614. The monoisotopic (exact) mass is 403 g/mol. The number of aromatic nitrogens is 4. The first kappa shape index (κ1) is 19.5. The van der Waals surface area contributed by atoms with Gasteiger partial charge < -0.3 is 25.3 Å². The Bertz CT molecular complexity index is 1120. The summed E-state index contributed by atoms with van der Waals surface area (Å²) in [6.45, 7) is 0.741. The van der Waals surface area contributed by atoms with E-state index in [4.69, 9.17) is 4.74 Å². The van der Waals surface area contributed by atoms with Gasteiger partial charge in [-0.3, -0.25) is 0 Å². The maximum atomic E-state index is 5.20. The molecule has 0 spiro atoms. The van der Waals surface area contributed by atoms with E-state index in [0.717, 1.165) is 41.4 Å². The van der Waals surface area contributed by atoms with E-state index in [1.165, 1.54) is 11.9 Å². The Labute approximate surface area is 175 Å². The number of nitrogens with zero attached hydrogens (tertiary/aromatic N) is 4. The van der Waals surface area contributed by atoms with Gasteiger partial charge in [-0.2, -0.15) is 4.98 Å². The molecule has 8 nitrogen and oxygen atoms in total. The second kappa shape index (κ2) is 8.69. The highest BCUT2D eigenvalue weighted by Crippen LogP contribution is 2.23. The smallest absolute Gasteiger partial charge is 0.207 e. The second-order valence-electron chi connectivity index (χ2n) is 7.10. The first-order valence-corrected chi connectivity index (χ1v) is 9.74. The van der Waals surface area contributed by atoms with Gasteiger partial charge in [0.2, 0.25) is 5.95 Å². The lowest BCUT2D eigenvalue weighted by atomic mass is 10.1. The molecule has 4 aromatic rings. The zero-order valence-electron chi connectivity index (χ0n) is 17.3. The highest BCUT2D eigenvalue weighted by Gasteiger charge is 2.10. The summed E-state index contributed by atoms with van der Waals surface area (Å²) >= 11 is 0. The molecule has 0 fully saturated rings. The minimum atomic E-state index is 0.614. The number of fused-ring (bicyclic) bond motifs is 1. The molecule has 0 saturated heterocycles. The number of hydrogen-bond donors (Lipinski definition) is 3. The van der Waals surface area contributed by atoms with Crippen molar-refractivity contribution in [3.63, 3.8) is 0 Å². The van der Waals surface area contributed by atoms with Crippen LogP contribution in [-0.2, 0) is 6.42 Å². The van der Waals surface area contributed by atoms with E-state index in [2.05, 4.69) is 59.7 Å². The Hall–Kier alpha value is -3.81. The Morgan fingerprint density at radius 3 is 2.67 bits per heavy atom. The predicted octanol–water partition coefficient (Wildman–Crippen LogP) is 3.83. The molecule has 8 heteroatoms. The van der Waals surface area contributed by atoms with Gasteiger partial charge in [-0.1, -0.05) is 18.2 Å².